The second-order valence-corrected chi connectivity index (χ2v) is 6.52. The molecule has 0 saturated heterocycles. The fourth-order valence-corrected chi connectivity index (χ4v) is 2.70. The van der Waals surface area contributed by atoms with Crippen LogP contribution in [-0.4, -0.2) is 41.9 Å². The number of nitrogen functional groups attached to an aromatic ring is 1. The van der Waals surface area contributed by atoms with Gasteiger partial charge in [-0.2, -0.15) is 11.8 Å². The first-order valence-corrected chi connectivity index (χ1v) is 8.64. The Bertz CT molecular complexity index is 479. The van der Waals surface area contributed by atoms with E-state index in [4.69, 9.17) is 5.73 Å². The highest BCUT2D eigenvalue weighted by atomic mass is 32.2. The van der Waals surface area contributed by atoms with Crippen LogP contribution in [-0.2, 0) is 4.79 Å². The molecule has 1 amide bonds. The summed E-state index contributed by atoms with van der Waals surface area (Å²) in [7, 11) is 2.01. The van der Waals surface area contributed by atoms with Crippen LogP contribution in [0.15, 0.2) is 18.2 Å². The van der Waals surface area contributed by atoms with Crippen molar-refractivity contribution in [3.8, 4) is 0 Å². The van der Waals surface area contributed by atoms with Gasteiger partial charge < -0.3 is 11.1 Å². The number of nitrogens with zero attached hydrogens (tertiary/aromatic N) is 1. The van der Waals surface area contributed by atoms with Crippen LogP contribution in [0.5, 0.6) is 0 Å². The highest BCUT2D eigenvalue weighted by Gasteiger charge is 2.22. The third-order valence-corrected chi connectivity index (χ3v) is 4.58. The van der Waals surface area contributed by atoms with E-state index in [1.54, 1.807) is 6.07 Å². The predicted octanol–water partition coefficient (Wildman–Crippen LogP) is 2.98. The lowest BCUT2D eigenvalue weighted by Gasteiger charge is -2.30. The summed E-state index contributed by atoms with van der Waals surface area (Å²) in [5, 5.41) is 2.99. The van der Waals surface area contributed by atoms with Crippen molar-refractivity contribution in [2.75, 3.05) is 30.1 Å². The molecule has 0 saturated carbocycles. The Balaban J connectivity index is 2.65. The Hall–Kier alpha value is -1.20. The number of carbonyl (C=O) groups excluding carboxylic acids is 1. The number of thioether (sulfide) groups is 1. The molecule has 118 valence electrons. The molecule has 21 heavy (non-hydrogen) atoms. The number of rotatable bonds is 7. The number of benzene rings is 1. The molecule has 0 aliphatic carbocycles. The van der Waals surface area contributed by atoms with Crippen LogP contribution in [0.25, 0.3) is 0 Å². The molecule has 4 nitrogen and oxygen atoms in total. The van der Waals surface area contributed by atoms with Crippen LogP contribution in [0.3, 0.4) is 0 Å². The number of anilines is 2. The summed E-state index contributed by atoms with van der Waals surface area (Å²) in [5.74, 6) is 1.12. The van der Waals surface area contributed by atoms with Gasteiger partial charge in [-0.3, -0.25) is 9.69 Å². The molecule has 0 heterocycles. The molecular weight excluding hydrogens is 282 g/mol. The maximum Gasteiger partial charge on any atom is 0.241 e. The molecule has 0 bridgehead atoms. The molecule has 3 N–H and O–H groups in total. The highest BCUT2D eigenvalue weighted by molar-refractivity contribution is 7.98. The Kier molecular flexibility index (Phi) is 7.05. The monoisotopic (exact) mass is 309 g/mol. The lowest BCUT2D eigenvalue weighted by molar-refractivity contribution is -0.121. The Labute approximate surface area is 132 Å². The zero-order chi connectivity index (χ0) is 16.0. The molecule has 1 rings (SSSR count). The summed E-state index contributed by atoms with van der Waals surface area (Å²) in [6.07, 6.45) is 3.18. The maximum absolute atomic E-state index is 12.4. The van der Waals surface area contributed by atoms with Crippen molar-refractivity contribution >= 4 is 29.0 Å². The van der Waals surface area contributed by atoms with Crippen molar-refractivity contribution in [2.45, 2.75) is 39.3 Å². The number of nitrogens with two attached hydrogens (primary N) is 1. The van der Waals surface area contributed by atoms with Gasteiger partial charge in [-0.15, -0.1) is 0 Å². The minimum atomic E-state index is -0.168. The van der Waals surface area contributed by atoms with E-state index in [9.17, 15) is 4.79 Å². The van der Waals surface area contributed by atoms with Gasteiger partial charge >= 0.3 is 0 Å². The van der Waals surface area contributed by atoms with Crippen LogP contribution in [0.2, 0.25) is 0 Å². The summed E-state index contributed by atoms with van der Waals surface area (Å²) < 4.78 is 0. The molecule has 2 unspecified atom stereocenters. The van der Waals surface area contributed by atoms with Gasteiger partial charge in [0.05, 0.1) is 6.04 Å². The predicted molar refractivity (Wildman–Crippen MR) is 93.9 cm³/mol. The van der Waals surface area contributed by atoms with Gasteiger partial charge in [0.25, 0.3) is 0 Å². The molecule has 0 aliphatic heterocycles. The first-order chi connectivity index (χ1) is 9.86. The second kappa shape index (κ2) is 8.29. The third kappa shape index (κ3) is 5.25. The van der Waals surface area contributed by atoms with Crippen molar-refractivity contribution in [3.05, 3.63) is 23.8 Å². The van der Waals surface area contributed by atoms with Gasteiger partial charge in [-0.25, -0.2) is 0 Å². The van der Waals surface area contributed by atoms with Crippen LogP contribution in [0.4, 0.5) is 11.4 Å². The molecule has 2 atom stereocenters. The minimum absolute atomic E-state index is 0.0152. The standard InChI is InChI=1S/C16H27N3OS/c1-11-10-14(17)6-7-15(11)18-16(20)13(3)19(4)12(2)8-9-21-5/h6-7,10,12-13H,8-9,17H2,1-5H3,(H,18,20). The second-order valence-electron chi connectivity index (χ2n) is 5.54. The van der Waals surface area contributed by atoms with Crippen molar-refractivity contribution in [3.63, 3.8) is 0 Å². The molecule has 0 fully saturated rings. The molecule has 0 aliphatic rings. The van der Waals surface area contributed by atoms with Crippen molar-refractivity contribution in [2.24, 2.45) is 0 Å². The Morgan fingerprint density at radius 2 is 2.10 bits per heavy atom. The smallest absolute Gasteiger partial charge is 0.241 e. The van der Waals surface area contributed by atoms with Gasteiger partial charge in [0.15, 0.2) is 0 Å². The zero-order valence-corrected chi connectivity index (χ0v) is 14.5. The molecule has 0 spiro atoms. The molecule has 5 heteroatoms. The average Bonchev–Trinajstić information content (AvgIpc) is 2.45. The largest absolute Gasteiger partial charge is 0.399 e. The van der Waals surface area contributed by atoms with Crippen LogP contribution >= 0.6 is 11.8 Å². The van der Waals surface area contributed by atoms with E-state index in [2.05, 4.69) is 23.4 Å². The number of aryl methyl sites for hydroxylation is 1. The van der Waals surface area contributed by atoms with E-state index in [0.717, 1.165) is 23.4 Å². The van der Waals surface area contributed by atoms with Crippen molar-refractivity contribution in [1.29, 1.82) is 0 Å². The quantitative estimate of drug-likeness (QED) is 0.760. The number of carbonyl (C=O) groups is 1. The normalized spacial score (nSPS) is 14.0. The summed E-state index contributed by atoms with van der Waals surface area (Å²) in [6, 6.07) is 5.74. The van der Waals surface area contributed by atoms with Crippen LogP contribution in [0, 0.1) is 6.92 Å². The SMILES string of the molecule is CSCCC(C)N(C)C(C)C(=O)Nc1ccc(N)cc1C. The zero-order valence-electron chi connectivity index (χ0n) is 13.6. The molecule has 1 aromatic carbocycles. The number of amides is 1. The lowest BCUT2D eigenvalue weighted by atomic mass is 10.1. The highest BCUT2D eigenvalue weighted by Crippen LogP contribution is 2.18. The summed E-state index contributed by atoms with van der Waals surface area (Å²) in [6.45, 7) is 6.05. The van der Waals surface area contributed by atoms with E-state index < -0.39 is 0 Å². The van der Waals surface area contributed by atoms with Gasteiger partial charge in [0.2, 0.25) is 5.91 Å². The Morgan fingerprint density at radius 1 is 1.43 bits per heavy atom. The molecule has 0 radical (unpaired) electrons. The fraction of sp³-hybridized carbons (Fsp3) is 0.562. The minimum Gasteiger partial charge on any atom is -0.399 e. The van der Waals surface area contributed by atoms with E-state index in [0.29, 0.717) is 11.7 Å². The van der Waals surface area contributed by atoms with Crippen molar-refractivity contribution < 1.29 is 4.79 Å². The molecule has 0 aromatic heterocycles. The van der Waals surface area contributed by atoms with Crippen LogP contribution < -0.4 is 11.1 Å². The number of hydrogen-bond acceptors (Lipinski definition) is 4. The summed E-state index contributed by atoms with van der Waals surface area (Å²) in [4.78, 5) is 14.5. The molecular formula is C16H27N3OS. The van der Waals surface area contributed by atoms with E-state index in [-0.39, 0.29) is 11.9 Å². The van der Waals surface area contributed by atoms with Gasteiger partial charge in [0.1, 0.15) is 0 Å². The van der Waals surface area contributed by atoms with Crippen molar-refractivity contribution in [1.82, 2.24) is 4.90 Å². The first-order valence-electron chi connectivity index (χ1n) is 7.24. The fourth-order valence-electron chi connectivity index (χ4n) is 2.12. The summed E-state index contributed by atoms with van der Waals surface area (Å²) in [5.41, 5.74) is 8.24. The van der Waals surface area contributed by atoms with E-state index >= 15 is 0 Å². The topological polar surface area (TPSA) is 58.4 Å². The number of hydrogen-bond donors (Lipinski definition) is 2. The average molecular weight is 309 g/mol. The van der Waals surface area contributed by atoms with Gasteiger partial charge in [-0.05, 0) is 70.0 Å². The lowest BCUT2D eigenvalue weighted by Crippen LogP contribution is -2.44. The maximum atomic E-state index is 12.4. The van der Waals surface area contributed by atoms with Gasteiger partial charge in [0, 0.05) is 17.4 Å². The third-order valence-electron chi connectivity index (χ3n) is 3.93. The van der Waals surface area contributed by atoms with E-state index in [1.807, 2.05) is 44.8 Å². The number of likely N-dealkylation sites (N-methyl/N-ethyl adjacent to an activating group) is 1. The first kappa shape index (κ1) is 17.9. The molecule has 1 aromatic rings. The Morgan fingerprint density at radius 3 is 2.67 bits per heavy atom. The number of nitrogens with one attached hydrogen (secondary N) is 1. The summed E-state index contributed by atoms with van der Waals surface area (Å²) >= 11 is 1.83. The van der Waals surface area contributed by atoms with Crippen LogP contribution in [0.1, 0.15) is 25.8 Å². The van der Waals surface area contributed by atoms with E-state index in [1.165, 1.54) is 0 Å². The van der Waals surface area contributed by atoms with Gasteiger partial charge in [-0.1, -0.05) is 0 Å².